The van der Waals surface area contributed by atoms with Gasteiger partial charge in [-0.1, -0.05) is 115 Å². The predicted molar refractivity (Wildman–Crippen MR) is 192 cm³/mol. The Bertz CT molecular complexity index is 1230. The van der Waals surface area contributed by atoms with E-state index < -0.39 is 27.6 Å². The maximum Gasteiger partial charge on any atom is 0.261 e. The molecule has 0 spiro atoms. The molecule has 7 heteroatoms. The molecule has 0 radical (unpaired) electrons. The third kappa shape index (κ3) is 8.16. The largest absolute Gasteiger partial charge is 0.416 e. The lowest BCUT2D eigenvalue weighted by atomic mass is 9.97. The standard InChI is InChI=1S/C36H57NO3SSi2/c1-29(24-27-39-42(11,12)35(5,6)7)32-23-26-37(41(38)34(2,3)4)33(32)25-28-40-43(36(8,9)10,30-19-15-13-16-20-30)31-21-17-14-18-22-31/h13-23,33H,1,24-28H2,2-12H3/t33-,41-/m1/s1. The molecule has 0 saturated heterocycles. The molecule has 2 atom stereocenters. The fourth-order valence-electron chi connectivity index (χ4n) is 5.70. The van der Waals surface area contributed by atoms with Gasteiger partial charge in [-0.05, 0) is 78.3 Å². The molecule has 2 aromatic carbocycles. The first-order valence-corrected chi connectivity index (χ1v) is 21.7. The van der Waals surface area contributed by atoms with E-state index in [1.54, 1.807) is 0 Å². The van der Waals surface area contributed by atoms with Gasteiger partial charge in [-0.2, -0.15) is 0 Å². The van der Waals surface area contributed by atoms with Crippen LogP contribution in [0.3, 0.4) is 0 Å². The molecule has 0 aromatic heterocycles. The van der Waals surface area contributed by atoms with E-state index in [1.165, 1.54) is 15.9 Å². The van der Waals surface area contributed by atoms with Crippen molar-refractivity contribution >= 4 is 38.0 Å². The van der Waals surface area contributed by atoms with Gasteiger partial charge < -0.3 is 8.85 Å². The van der Waals surface area contributed by atoms with E-state index in [-0.39, 0.29) is 20.9 Å². The molecule has 43 heavy (non-hydrogen) atoms. The van der Waals surface area contributed by atoms with Crippen molar-refractivity contribution in [2.24, 2.45) is 0 Å². The van der Waals surface area contributed by atoms with Gasteiger partial charge in [0.2, 0.25) is 0 Å². The zero-order chi connectivity index (χ0) is 32.3. The van der Waals surface area contributed by atoms with Crippen LogP contribution in [0.15, 0.2) is 84.5 Å². The highest BCUT2D eigenvalue weighted by Crippen LogP contribution is 2.39. The summed E-state index contributed by atoms with van der Waals surface area (Å²) in [6, 6.07) is 21.6. The zero-order valence-corrected chi connectivity index (χ0v) is 31.6. The molecular formula is C36H57NO3SSi2. The second-order valence-electron chi connectivity index (χ2n) is 15.4. The van der Waals surface area contributed by atoms with Crippen molar-refractivity contribution in [3.05, 3.63) is 84.5 Å². The monoisotopic (exact) mass is 639 g/mol. The van der Waals surface area contributed by atoms with Crippen LogP contribution in [-0.4, -0.2) is 55.7 Å². The smallest absolute Gasteiger partial charge is 0.261 e. The molecule has 238 valence electrons. The van der Waals surface area contributed by atoms with Crippen LogP contribution in [0.5, 0.6) is 0 Å². The van der Waals surface area contributed by atoms with E-state index in [1.807, 2.05) is 0 Å². The van der Waals surface area contributed by atoms with Crippen molar-refractivity contribution in [2.45, 2.75) is 109 Å². The Hall–Kier alpha value is -1.62. The van der Waals surface area contributed by atoms with E-state index in [9.17, 15) is 4.21 Å². The van der Waals surface area contributed by atoms with Gasteiger partial charge in [-0.25, -0.2) is 8.51 Å². The summed E-state index contributed by atoms with van der Waals surface area (Å²) in [6.45, 7) is 30.9. The normalized spacial score (nSPS) is 18.0. The molecule has 1 heterocycles. The minimum absolute atomic E-state index is 0.0151. The summed E-state index contributed by atoms with van der Waals surface area (Å²) in [7, 11) is -5.67. The van der Waals surface area contributed by atoms with Crippen molar-refractivity contribution in [3.8, 4) is 0 Å². The van der Waals surface area contributed by atoms with Crippen LogP contribution in [0.1, 0.15) is 75.2 Å². The molecule has 0 saturated carbocycles. The van der Waals surface area contributed by atoms with Gasteiger partial charge in [0.25, 0.3) is 8.32 Å². The van der Waals surface area contributed by atoms with Gasteiger partial charge in [0, 0.05) is 25.8 Å². The second-order valence-corrected chi connectivity index (χ2v) is 26.7. The van der Waals surface area contributed by atoms with Crippen LogP contribution in [0, 0.1) is 0 Å². The van der Waals surface area contributed by atoms with Crippen LogP contribution < -0.4 is 10.4 Å². The summed E-state index contributed by atoms with van der Waals surface area (Å²) in [6.07, 6.45) is 3.77. The van der Waals surface area contributed by atoms with Gasteiger partial charge in [-0.15, -0.1) is 0 Å². The summed E-state index contributed by atoms with van der Waals surface area (Å²) >= 11 is 0. The SMILES string of the molecule is C=C(CCO[Si](C)(C)C(C)(C)C)C1=CCN([S@](=O)C(C)(C)C)[C@@H]1CCO[Si](c1ccccc1)(c1ccccc1)C(C)(C)C. The third-order valence-electron chi connectivity index (χ3n) is 9.14. The first-order chi connectivity index (χ1) is 19.8. The average Bonchev–Trinajstić information content (AvgIpc) is 3.33. The van der Waals surface area contributed by atoms with Gasteiger partial charge >= 0.3 is 0 Å². The van der Waals surface area contributed by atoms with Gasteiger partial charge in [0.15, 0.2) is 8.32 Å². The lowest BCUT2D eigenvalue weighted by Gasteiger charge is -2.43. The number of hydrogen-bond donors (Lipinski definition) is 0. The van der Waals surface area contributed by atoms with Crippen molar-refractivity contribution in [2.75, 3.05) is 19.8 Å². The van der Waals surface area contributed by atoms with E-state index in [2.05, 4.69) is 153 Å². The Balaban J connectivity index is 1.89. The quantitative estimate of drug-likeness (QED) is 0.221. The lowest BCUT2D eigenvalue weighted by Crippen LogP contribution is -2.66. The van der Waals surface area contributed by atoms with E-state index >= 15 is 0 Å². The lowest BCUT2D eigenvalue weighted by molar-refractivity contribution is 0.260. The number of hydrogen-bond acceptors (Lipinski definition) is 3. The second kappa shape index (κ2) is 13.8. The molecule has 4 nitrogen and oxygen atoms in total. The molecule has 0 bridgehead atoms. The first kappa shape index (κ1) is 35.9. The summed E-state index contributed by atoms with van der Waals surface area (Å²) in [5.41, 5.74) is 2.28. The summed E-state index contributed by atoms with van der Waals surface area (Å²) in [5, 5.41) is 2.63. The molecule has 0 aliphatic carbocycles. The molecule has 3 rings (SSSR count). The van der Waals surface area contributed by atoms with Crippen LogP contribution in [0.2, 0.25) is 23.2 Å². The van der Waals surface area contributed by atoms with E-state index in [4.69, 9.17) is 8.85 Å². The minimum atomic E-state index is -2.67. The Morgan fingerprint density at radius 1 is 0.837 bits per heavy atom. The topological polar surface area (TPSA) is 38.8 Å². The molecule has 0 N–H and O–H groups in total. The third-order valence-corrected chi connectivity index (χ3v) is 20.6. The average molecular weight is 640 g/mol. The van der Waals surface area contributed by atoms with Crippen molar-refractivity contribution < 1.29 is 13.1 Å². The maximum absolute atomic E-state index is 13.8. The van der Waals surface area contributed by atoms with Crippen LogP contribution in [0.4, 0.5) is 0 Å². The summed E-state index contributed by atoms with van der Waals surface area (Å²) in [5.74, 6) is 0. The van der Waals surface area contributed by atoms with Gasteiger partial charge in [0.1, 0.15) is 11.0 Å². The predicted octanol–water partition coefficient (Wildman–Crippen LogP) is 7.99. The summed E-state index contributed by atoms with van der Waals surface area (Å²) < 4.78 is 29.4. The number of benzene rings is 2. The Labute approximate surface area is 267 Å². The molecule has 2 aromatic rings. The molecule has 1 aliphatic rings. The van der Waals surface area contributed by atoms with Crippen molar-refractivity contribution in [3.63, 3.8) is 0 Å². The first-order valence-electron chi connectivity index (χ1n) is 15.8. The highest BCUT2D eigenvalue weighted by molar-refractivity contribution is 7.84. The molecule has 0 unspecified atom stereocenters. The van der Waals surface area contributed by atoms with Crippen LogP contribution in [-0.2, 0) is 19.8 Å². The Morgan fingerprint density at radius 3 is 1.79 bits per heavy atom. The highest BCUT2D eigenvalue weighted by atomic mass is 32.2. The molecule has 0 amide bonds. The minimum Gasteiger partial charge on any atom is -0.416 e. The Morgan fingerprint density at radius 2 is 1.35 bits per heavy atom. The van der Waals surface area contributed by atoms with Crippen molar-refractivity contribution in [1.82, 2.24) is 4.31 Å². The van der Waals surface area contributed by atoms with E-state index in [0.717, 1.165) is 18.4 Å². The number of rotatable bonds is 12. The molecule has 0 fully saturated rings. The number of nitrogens with zero attached hydrogens (tertiary/aromatic N) is 1. The van der Waals surface area contributed by atoms with Gasteiger partial charge in [0.05, 0.1) is 4.75 Å². The zero-order valence-electron chi connectivity index (χ0n) is 28.8. The fourth-order valence-corrected chi connectivity index (χ4v) is 12.7. The van der Waals surface area contributed by atoms with E-state index in [0.29, 0.717) is 19.8 Å². The molecular weight excluding hydrogens is 583 g/mol. The highest BCUT2D eigenvalue weighted by Gasteiger charge is 2.50. The maximum atomic E-state index is 13.8. The van der Waals surface area contributed by atoms with Crippen molar-refractivity contribution in [1.29, 1.82) is 0 Å². The summed E-state index contributed by atoms with van der Waals surface area (Å²) in [4.78, 5) is 0. The van der Waals surface area contributed by atoms with Crippen LogP contribution in [0.25, 0.3) is 0 Å². The fraction of sp³-hybridized carbons (Fsp3) is 0.556. The molecule has 1 aliphatic heterocycles. The van der Waals surface area contributed by atoms with Gasteiger partial charge in [-0.3, -0.25) is 0 Å². The van der Waals surface area contributed by atoms with Crippen LogP contribution >= 0.6 is 0 Å². The Kier molecular flexibility index (Phi) is 11.5.